The Morgan fingerprint density at radius 1 is 1.29 bits per heavy atom. The van der Waals surface area contributed by atoms with Gasteiger partial charge >= 0.3 is 0 Å². The summed E-state index contributed by atoms with van der Waals surface area (Å²) in [4.78, 5) is 11.6. The molecule has 0 bridgehead atoms. The van der Waals surface area contributed by atoms with Gasteiger partial charge in [-0.2, -0.15) is 0 Å². The van der Waals surface area contributed by atoms with E-state index < -0.39 is 13.0 Å². The molecule has 4 heteroatoms. The molecule has 0 aliphatic rings. The van der Waals surface area contributed by atoms with E-state index in [0.717, 1.165) is 12.0 Å². The van der Waals surface area contributed by atoms with Gasteiger partial charge in [-0.15, -0.1) is 0 Å². The largest absolute Gasteiger partial charge is 0.375 e. The molecule has 0 radical (unpaired) electrons. The highest BCUT2D eigenvalue weighted by Crippen LogP contribution is 2.07. The van der Waals surface area contributed by atoms with E-state index in [4.69, 9.17) is 0 Å². The fourth-order valence-corrected chi connectivity index (χ4v) is 1.41. The number of carbonyl (C=O) groups is 1. The molecule has 0 aliphatic heterocycles. The van der Waals surface area contributed by atoms with Crippen molar-refractivity contribution in [2.24, 2.45) is 0 Å². The fourth-order valence-electron chi connectivity index (χ4n) is 1.41. The number of hydrogen-bond donors (Lipinski definition) is 0. The van der Waals surface area contributed by atoms with Crippen LogP contribution in [-0.4, -0.2) is 25.4 Å². The topological polar surface area (TPSA) is 26.3 Å². The third-order valence-electron chi connectivity index (χ3n) is 2.40. The first-order chi connectivity index (χ1) is 8.13. The first-order valence-corrected chi connectivity index (χ1v) is 5.61. The zero-order valence-electron chi connectivity index (χ0n) is 9.79. The Morgan fingerprint density at radius 2 is 1.94 bits per heavy atom. The minimum Gasteiger partial charge on any atom is -0.375 e. The lowest BCUT2D eigenvalue weighted by atomic mass is 10.1. The van der Waals surface area contributed by atoms with Crippen LogP contribution in [-0.2, 0) is 11.2 Å². The Kier molecular flexibility index (Phi) is 5.77. The van der Waals surface area contributed by atoms with E-state index in [1.165, 1.54) is 0 Å². The first kappa shape index (κ1) is 13.8. The molecule has 94 valence electrons. The lowest BCUT2D eigenvalue weighted by Crippen LogP contribution is -2.09. The molecule has 0 saturated carbocycles. The number of alkyl halides is 2. The molecule has 17 heavy (non-hydrogen) atoms. The number of carbonyl (C=O) groups excluding carboxylic acids is 1. The summed E-state index contributed by atoms with van der Waals surface area (Å²) >= 11 is 0. The van der Waals surface area contributed by atoms with Gasteiger partial charge in [-0.05, 0) is 12.0 Å². The number of hydrogen-bond acceptors (Lipinski definition) is 2. The van der Waals surface area contributed by atoms with Crippen molar-refractivity contribution >= 4 is 5.78 Å². The van der Waals surface area contributed by atoms with Crippen LogP contribution in [0.1, 0.15) is 29.3 Å². The van der Waals surface area contributed by atoms with Crippen LogP contribution in [0.3, 0.4) is 0 Å². The first-order valence-electron chi connectivity index (χ1n) is 5.61. The fraction of sp³-hybridized carbons (Fsp3) is 0.462. The van der Waals surface area contributed by atoms with Gasteiger partial charge in [0.05, 0.1) is 6.61 Å². The van der Waals surface area contributed by atoms with Crippen LogP contribution in [0.2, 0.25) is 0 Å². The highest BCUT2D eigenvalue weighted by Gasteiger charge is 2.07. The van der Waals surface area contributed by atoms with Crippen LogP contribution in [0.25, 0.3) is 0 Å². The molecule has 0 N–H and O–H groups in total. The maximum atomic E-state index is 11.8. The standard InChI is InChI=1S/C13H16F2O2/c1-2-10-3-5-11(6-4-10)12(16)7-8-17-9-13(14)15/h3-6,13H,2,7-9H2,1H3. The van der Waals surface area contributed by atoms with Crippen molar-refractivity contribution in [3.05, 3.63) is 35.4 Å². The Balaban J connectivity index is 2.36. The predicted octanol–water partition coefficient (Wildman–Crippen LogP) is 3.10. The van der Waals surface area contributed by atoms with Crippen molar-refractivity contribution in [1.29, 1.82) is 0 Å². The van der Waals surface area contributed by atoms with E-state index in [1.807, 2.05) is 19.1 Å². The Labute approximate surface area is 99.6 Å². The molecule has 1 aromatic rings. The predicted molar refractivity (Wildman–Crippen MR) is 61.6 cm³/mol. The third kappa shape index (κ3) is 5.04. The van der Waals surface area contributed by atoms with Gasteiger partial charge in [-0.3, -0.25) is 4.79 Å². The summed E-state index contributed by atoms with van der Waals surface area (Å²) < 4.78 is 28.2. The third-order valence-corrected chi connectivity index (χ3v) is 2.40. The van der Waals surface area contributed by atoms with E-state index in [0.29, 0.717) is 5.56 Å². The van der Waals surface area contributed by atoms with Gasteiger partial charge in [0.15, 0.2) is 5.78 Å². The maximum absolute atomic E-state index is 11.8. The molecule has 0 amide bonds. The van der Waals surface area contributed by atoms with Gasteiger partial charge in [0.25, 0.3) is 6.43 Å². The molecule has 0 saturated heterocycles. The number of Topliss-reactive ketones (excluding diaryl/α,β-unsaturated/α-hetero) is 1. The van der Waals surface area contributed by atoms with Gasteiger partial charge in [-0.1, -0.05) is 31.2 Å². The quantitative estimate of drug-likeness (QED) is 0.542. The van der Waals surface area contributed by atoms with E-state index in [2.05, 4.69) is 4.74 Å². The number of rotatable bonds is 7. The lowest BCUT2D eigenvalue weighted by molar-refractivity contribution is 0.0170. The van der Waals surface area contributed by atoms with Gasteiger partial charge in [0.2, 0.25) is 0 Å². The second kappa shape index (κ2) is 7.12. The van der Waals surface area contributed by atoms with Gasteiger partial charge < -0.3 is 4.74 Å². The molecule has 1 rings (SSSR count). The lowest BCUT2D eigenvalue weighted by Gasteiger charge is -2.04. The van der Waals surface area contributed by atoms with E-state index >= 15 is 0 Å². The van der Waals surface area contributed by atoms with Crippen molar-refractivity contribution in [3.8, 4) is 0 Å². The summed E-state index contributed by atoms with van der Waals surface area (Å²) in [5.41, 5.74) is 1.76. The molecule has 0 spiro atoms. The SMILES string of the molecule is CCc1ccc(C(=O)CCOCC(F)F)cc1. The second-order valence-electron chi connectivity index (χ2n) is 3.69. The minimum atomic E-state index is -2.48. The Bertz CT molecular complexity index is 347. The normalized spacial score (nSPS) is 10.8. The van der Waals surface area contributed by atoms with E-state index in [9.17, 15) is 13.6 Å². The number of ketones is 1. The average molecular weight is 242 g/mol. The molecule has 0 atom stereocenters. The molecule has 0 heterocycles. The van der Waals surface area contributed by atoms with Crippen LogP contribution in [0.4, 0.5) is 8.78 Å². The van der Waals surface area contributed by atoms with Gasteiger partial charge in [-0.25, -0.2) is 8.78 Å². The second-order valence-corrected chi connectivity index (χ2v) is 3.69. The number of ether oxygens (including phenoxy) is 1. The van der Waals surface area contributed by atoms with Crippen LogP contribution >= 0.6 is 0 Å². The highest BCUT2D eigenvalue weighted by atomic mass is 19.3. The molecule has 0 fully saturated rings. The van der Waals surface area contributed by atoms with Gasteiger partial charge in [0.1, 0.15) is 6.61 Å². The van der Waals surface area contributed by atoms with Gasteiger partial charge in [0, 0.05) is 12.0 Å². The molecule has 0 aromatic heterocycles. The molecule has 0 unspecified atom stereocenters. The van der Waals surface area contributed by atoms with Crippen molar-refractivity contribution in [2.45, 2.75) is 26.2 Å². The molecular weight excluding hydrogens is 226 g/mol. The highest BCUT2D eigenvalue weighted by molar-refractivity contribution is 5.96. The van der Waals surface area contributed by atoms with E-state index in [1.54, 1.807) is 12.1 Å². The summed E-state index contributed by atoms with van der Waals surface area (Å²) in [5.74, 6) is -0.0816. The molecule has 1 aromatic carbocycles. The zero-order chi connectivity index (χ0) is 12.7. The minimum absolute atomic E-state index is 0.0404. The van der Waals surface area contributed by atoms with Crippen LogP contribution in [0.15, 0.2) is 24.3 Å². The maximum Gasteiger partial charge on any atom is 0.261 e. The summed E-state index contributed by atoms with van der Waals surface area (Å²) in [6, 6.07) is 7.31. The van der Waals surface area contributed by atoms with Crippen molar-refractivity contribution in [3.63, 3.8) is 0 Å². The monoisotopic (exact) mass is 242 g/mol. The van der Waals surface area contributed by atoms with Crippen molar-refractivity contribution < 1.29 is 18.3 Å². The molecular formula is C13H16F2O2. The Hall–Kier alpha value is -1.29. The average Bonchev–Trinajstić information content (AvgIpc) is 2.34. The molecule has 2 nitrogen and oxygen atoms in total. The van der Waals surface area contributed by atoms with Crippen molar-refractivity contribution in [2.75, 3.05) is 13.2 Å². The smallest absolute Gasteiger partial charge is 0.261 e. The van der Waals surface area contributed by atoms with E-state index in [-0.39, 0.29) is 18.8 Å². The summed E-state index contributed by atoms with van der Waals surface area (Å²) in [7, 11) is 0. The van der Waals surface area contributed by atoms with Crippen molar-refractivity contribution in [1.82, 2.24) is 0 Å². The summed E-state index contributed by atoms with van der Waals surface area (Å²) in [6.45, 7) is 1.47. The Morgan fingerprint density at radius 3 is 2.47 bits per heavy atom. The summed E-state index contributed by atoms with van der Waals surface area (Å²) in [5, 5.41) is 0. The number of halogens is 2. The zero-order valence-corrected chi connectivity index (χ0v) is 9.79. The van der Waals surface area contributed by atoms with Crippen LogP contribution < -0.4 is 0 Å². The molecule has 0 aliphatic carbocycles. The number of benzene rings is 1. The number of aryl methyl sites for hydroxylation is 1. The van der Waals surface area contributed by atoms with Crippen LogP contribution in [0, 0.1) is 0 Å². The van der Waals surface area contributed by atoms with Crippen LogP contribution in [0.5, 0.6) is 0 Å². The summed E-state index contributed by atoms with van der Waals surface area (Å²) in [6.07, 6.45) is -1.42.